The highest BCUT2D eigenvalue weighted by atomic mass is 32.2. The molecule has 2 aromatic heterocycles. The maximum absolute atomic E-state index is 11.2. The minimum Gasteiger partial charge on any atom is -0.352 e. The molecule has 41 heavy (non-hydrogen) atoms. The van der Waals surface area contributed by atoms with Crippen LogP contribution in [0.4, 0.5) is 29.0 Å². The summed E-state index contributed by atoms with van der Waals surface area (Å²) in [6, 6.07) is 15.0. The van der Waals surface area contributed by atoms with Gasteiger partial charge in [0.2, 0.25) is 17.2 Å². The molecular weight excluding hydrogens is 555 g/mol. The van der Waals surface area contributed by atoms with Gasteiger partial charge in [0.15, 0.2) is 5.82 Å². The highest BCUT2D eigenvalue weighted by Gasteiger charge is 2.20. The average Bonchev–Trinajstić information content (AvgIpc) is 3.35. The zero-order chi connectivity index (χ0) is 29.0. The predicted octanol–water partition coefficient (Wildman–Crippen LogP) is 4.70. The van der Waals surface area contributed by atoms with E-state index in [4.69, 9.17) is 4.98 Å². The Morgan fingerprint density at radius 2 is 1.83 bits per heavy atom. The number of hydrogen-bond donors (Lipinski definition) is 5. The monoisotopic (exact) mass is 593 g/mol. The summed E-state index contributed by atoms with van der Waals surface area (Å²) >= 11 is -2.10. The number of anilines is 5. The molecule has 1 atom stereocenters. The summed E-state index contributed by atoms with van der Waals surface area (Å²) in [7, 11) is 0.857. The number of fused-ring (bicyclic) bond motifs is 1. The molecule has 0 aliphatic carbocycles. The summed E-state index contributed by atoms with van der Waals surface area (Å²) in [4.78, 5) is 14.2. The van der Waals surface area contributed by atoms with Crippen LogP contribution in [-0.4, -0.2) is 75.1 Å². The lowest BCUT2D eigenvalue weighted by molar-refractivity contribution is 0.312. The maximum Gasteiger partial charge on any atom is 0.232 e. The number of aromatic nitrogens is 4. The fraction of sp³-hybridized carbons (Fsp3) is 0.393. The number of piperazine rings is 1. The third-order valence-corrected chi connectivity index (χ3v) is 9.41. The normalized spacial score (nSPS) is 15.3. The Kier molecular flexibility index (Phi) is 8.99. The highest BCUT2D eigenvalue weighted by molar-refractivity contribution is 7.77. The summed E-state index contributed by atoms with van der Waals surface area (Å²) in [5, 5.41) is 15.7. The summed E-state index contributed by atoms with van der Waals surface area (Å²) in [5.41, 5.74) is 4.53. The van der Waals surface area contributed by atoms with Crippen molar-refractivity contribution in [2.45, 2.75) is 38.7 Å². The number of rotatable bonds is 11. The van der Waals surface area contributed by atoms with Crippen molar-refractivity contribution < 1.29 is 8.76 Å². The van der Waals surface area contributed by atoms with Crippen LogP contribution in [-0.2, 0) is 24.2 Å². The van der Waals surface area contributed by atoms with Crippen molar-refractivity contribution in [2.75, 3.05) is 48.8 Å². The molecule has 1 aliphatic heterocycles. The van der Waals surface area contributed by atoms with E-state index in [1.807, 2.05) is 42.6 Å². The summed E-state index contributed by atoms with van der Waals surface area (Å²) in [6.45, 7) is 11.3. The molecule has 5 N–H and O–H groups in total. The number of nitrogens with one attached hydrogen (secondary N) is 4. The Balaban J connectivity index is 1.39. The zero-order valence-corrected chi connectivity index (χ0v) is 25.9. The number of hydrogen-bond acceptors (Lipinski definition) is 8. The molecule has 0 saturated carbocycles. The fourth-order valence-corrected chi connectivity index (χ4v) is 6.10. The summed E-state index contributed by atoms with van der Waals surface area (Å²) < 4.78 is 23.0. The van der Waals surface area contributed by atoms with E-state index in [0.717, 1.165) is 83.7 Å². The van der Waals surface area contributed by atoms with Crippen LogP contribution < -0.4 is 20.3 Å². The number of para-hydroxylation sites is 1. The van der Waals surface area contributed by atoms with Crippen LogP contribution in [0.25, 0.3) is 10.9 Å². The molecule has 1 saturated heterocycles. The van der Waals surface area contributed by atoms with E-state index in [2.05, 4.69) is 73.1 Å². The van der Waals surface area contributed by atoms with E-state index in [9.17, 15) is 8.76 Å². The second-order valence-corrected chi connectivity index (χ2v) is 18.1. The lowest BCUT2D eigenvalue weighted by Crippen LogP contribution is -2.44. The van der Waals surface area contributed by atoms with Crippen LogP contribution in [0, 0.1) is 0 Å². The van der Waals surface area contributed by atoms with Gasteiger partial charge in [0.25, 0.3) is 0 Å². The first-order chi connectivity index (χ1) is 19.6. The molecular formula is C28H39N9O2SSi. The minimum absolute atomic E-state index is 0.243. The van der Waals surface area contributed by atoms with Gasteiger partial charge in [-0.15, -0.1) is 0 Å². The van der Waals surface area contributed by atoms with Gasteiger partial charge in [0.05, 0.1) is 5.52 Å². The summed E-state index contributed by atoms with van der Waals surface area (Å²) in [6.07, 6.45) is 2.76. The Labute approximate surface area is 244 Å². The molecule has 4 aromatic rings. The van der Waals surface area contributed by atoms with Crippen molar-refractivity contribution in [3.63, 3.8) is 0 Å². The SMILES string of the molecule is CN1CCN(c2n[nH]c3cc(Nc4ncc(CC[Si](C)(C)C)c(Nc5ccccc5CNS(=O)O)n4)ccc23)CC1. The van der Waals surface area contributed by atoms with E-state index < -0.39 is 19.3 Å². The molecule has 1 unspecified atom stereocenters. The molecule has 1 aliphatic rings. The molecule has 2 aromatic carbocycles. The second kappa shape index (κ2) is 12.7. The standard InChI is InChI=1S/C28H39N9O2SSi/c1-36-12-14-37(15-13-36)27-23-10-9-22(17-25(23)34-35-27)31-28-29-18-21(11-16-41(2,3)4)26(33-28)32-24-8-6-5-7-20(24)19-30-40(38)39/h5-10,17-18,30H,11-16,19H2,1-4H3,(H,34,35)(H,38,39)(H2,29,31,32,33). The Hall–Kier alpha value is -3.36. The van der Waals surface area contributed by atoms with Gasteiger partial charge in [-0.05, 0) is 43.3 Å². The van der Waals surface area contributed by atoms with E-state index in [0.29, 0.717) is 5.95 Å². The number of nitrogens with zero attached hydrogens (tertiary/aromatic N) is 5. The molecule has 0 spiro atoms. The molecule has 5 rings (SSSR count). The van der Waals surface area contributed by atoms with Gasteiger partial charge in [-0.2, -0.15) is 10.1 Å². The Morgan fingerprint density at radius 1 is 1.05 bits per heavy atom. The van der Waals surface area contributed by atoms with E-state index in [1.165, 1.54) is 0 Å². The quantitative estimate of drug-likeness (QED) is 0.124. The fourth-order valence-electron chi connectivity index (χ4n) is 4.80. The van der Waals surface area contributed by atoms with Crippen LogP contribution in [0.15, 0.2) is 48.7 Å². The van der Waals surface area contributed by atoms with Gasteiger partial charge < -0.3 is 20.4 Å². The largest absolute Gasteiger partial charge is 0.352 e. The molecule has 13 heteroatoms. The van der Waals surface area contributed by atoms with Gasteiger partial charge in [0, 0.05) is 69.3 Å². The van der Waals surface area contributed by atoms with Gasteiger partial charge in [-0.3, -0.25) is 9.65 Å². The molecule has 0 amide bonds. The van der Waals surface area contributed by atoms with Gasteiger partial charge in [-0.25, -0.2) is 13.9 Å². The van der Waals surface area contributed by atoms with Crippen molar-refractivity contribution in [2.24, 2.45) is 0 Å². The van der Waals surface area contributed by atoms with Crippen molar-refractivity contribution in [3.05, 3.63) is 59.8 Å². The first-order valence-electron chi connectivity index (χ1n) is 13.9. The third-order valence-electron chi connectivity index (χ3n) is 7.27. The number of aryl methyl sites for hydroxylation is 1. The van der Waals surface area contributed by atoms with Gasteiger partial charge >= 0.3 is 0 Å². The highest BCUT2D eigenvalue weighted by Crippen LogP contribution is 2.30. The second-order valence-electron chi connectivity index (χ2n) is 11.7. The van der Waals surface area contributed by atoms with Crippen LogP contribution in [0.3, 0.4) is 0 Å². The molecule has 3 heterocycles. The van der Waals surface area contributed by atoms with Gasteiger partial charge in [0.1, 0.15) is 5.82 Å². The van der Waals surface area contributed by atoms with Crippen LogP contribution in [0.5, 0.6) is 0 Å². The lowest BCUT2D eigenvalue weighted by Gasteiger charge is -2.32. The first kappa shape index (κ1) is 29.1. The third kappa shape index (κ3) is 7.68. The van der Waals surface area contributed by atoms with Crippen molar-refractivity contribution in [1.29, 1.82) is 0 Å². The smallest absolute Gasteiger partial charge is 0.232 e. The lowest BCUT2D eigenvalue weighted by atomic mass is 10.1. The maximum atomic E-state index is 11.2. The van der Waals surface area contributed by atoms with Gasteiger partial charge in [-0.1, -0.05) is 43.9 Å². The van der Waals surface area contributed by atoms with Crippen LogP contribution in [0.1, 0.15) is 11.1 Å². The molecule has 1 fully saturated rings. The van der Waals surface area contributed by atoms with E-state index in [1.54, 1.807) is 0 Å². The van der Waals surface area contributed by atoms with E-state index >= 15 is 0 Å². The van der Waals surface area contributed by atoms with Crippen molar-refractivity contribution in [3.8, 4) is 0 Å². The molecule has 218 valence electrons. The average molecular weight is 594 g/mol. The number of aromatic amines is 1. The topological polar surface area (TPSA) is 134 Å². The molecule has 0 bridgehead atoms. The molecule has 0 radical (unpaired) electrons. The predicted molar refractivity (Wildman–Crippen MR) is 170 cm³/mol. The number of likely N-dealkylation sites (N-methyl/N-ethyl adjacent to an activating group) is 1. The number of H-pyrrole nitrogens is 1. The van der Waals surface area contributed by atoms with Crippen LogP contribution in [0.2, 0.25) is 25.7 Å². The van der Waals surface area contributed by atoms with E-state index in [-0.39, 0.29) is 6.54 Å². The summed E-state index contributed by atoms with van der Waals surface area (Å²) in [5.74, 6) is 2.19. The minimum atomic E-state index is -2.10. The molecule has 11 nitrogen and oxygen atoms in total. The van der Waals surface area contributed by atoms with Crippen molar-refractivity contribution in [1.82, 2.24) is 29.8 Å². The number of benzene rings is 2. The zero-order valence-electron chi connectivity index (χ0n) is 24.1. The Morgan fingerprint density at radius 3 is 2.59 bits per heavy atom. The van der Waals surface area contributed by atoms with Crippen molar-refractivity contribution >= 4 is 59.2 Å². The first-order valence-corrected chi connectivity index (χ1v) is 18.7. The van der Waals surface area contributed by atoms with Crippen LogP contribution >= 0.6 is 0 Å². The Bertz CT molecular complexity index is 1520.